The molecule has 1 N–H and O–H groups in total. The van der Waals surface area contributed by atoms with Crippen LogP contribution in [0.2, 0.25) is 0 Å². The van der Waals surface area contributed by atoms with Crippen LogP contribution in [-0.2, 0) is 14.3 Å². The number of carbonyl (C=O) groups excluding carboxylic acids is 2. The maximum absolute atomic E-state index is 13.2. The standard InChI is InChI=1S/C27H31NO7/c1-3-4-5-12-33-20-8-6-7-18(16-20)24-23(26(30)27(31)28(24)11-13-32-2)25(29)19-9-10-21-22(17-19)35-15-14-34-21/h6-10,16-17,24,29H,3-5,11-15H2,1-2H3/b25-23+/t24-/m1/s1. The Morgan fingerprint density at radius 3 is 2.63 bits per heavy atom. The summed E-state index contributed by atoms with van der Waals surface area (Å²) >= 11 is 0. The lowest BCUT2D eigenvalue weighted by Crippen LogP contribution is -2.32. The van der Waals surface area contributed by atoms with E-state index in [4.69, 9.17) is 18.9 Å². The highest BCUT2D eigenvalue weighted by atomic mass is 16.6. The lowest BCUT2D eigenvalue weighted by Gasteiger charge is -2.25. The summed E-state index contributed by atoms with van der Waals surface area (Å²) in [5, 5.41) is 11.3. The molecule has 0 saturated carbocycles. The predicted octanol–water partition coefficient (Wildman–Crippen LogP) is 4.09. The van der Waals surface area contributed by atoms with Crippen LogP contribution in [0.25, 0.3) is 5.76 Å². The molecule has 2 aliphatic heterocycles. The van der Waals surface area contributed by atoms with E-state index in [1.807, 2.05) is 24.3 Å². The van der Waals surface area contributed by atoms with Gasteiger partial charge in [-0.1, -0.05) is 31.9 Å². The third-order valence-electron chi connectivity index (χ3n) is 6.08. The van der Waals surface area contributed by atoms with Gasteiger partial charge < -0.3 is 29.0 Å². The van der Waals surface area contributed by atoms with E-state index in [1.165, 1.54) is 12.0 Å². The molecule has 35 heavy (non-hydrogen) atoms. The molecule has 4 rings (SSSR count). The van der Waals surface area contributed by atoms with Crippen molar-refractivity contribution in [3.63, 3.8) is 0 Å². The van der Waals surface area contributed by atoms with Gasteiger partial charge in [-0.2, -0.15) is 0 Å². The van der Waals surface area contributed by atoms with Crippen molar-refractivity contribution in [1.82, 2.24) is 4.90 Å². The minimum atomic E-state index is -0.780. The molecule has 0 spiro atoms. The molecule has 0 bridgehead atoms. The smallest absolute Gasteiger partial charge is 0.295 e. The lowest BCUT2D eigenvalue weighted by molar-refractivity contribution is -0.140. The van der Waals surface area contributed by atoms with Crippen LogP contribution in [0.1, 0.15) is 43.4 Å². The maximum atomic E-state index is 13.2. The van der Waals surface area contributed by atoms with Crippen LogP contribution in [0, 0.1) is 0 Å². The van der Waals surface area contributed by atoms with E-state index in [9.17, 15) is 14.7 Å². The molecule has 0 aromatic heterocycles. The molecule has 0 unspecified atom stereocenters. The average Bonchev–Trinajstić information content (AvgIpc) is 3.14. The van der Waals surface area contributed by atoms with E-state index >= 15 is 0 Å². The first-order chi connectivity index (χ1) is 17.0. The van der Waals surface area contributed by atoms with Gasteiger partial charge in [0.05, 0.1) is 24.8 Å². The molecule has 2 aromatic carbocycles. The highest BCUT2D eigenvalue weighted by Gasteiger charge is 2.46. The second kappa shape index (κ2) is 11.3. The second-order valence-electron chi connectivity index (χ2n) is 8.47. The molecule has 1 saturated heterocycles. The van der Waals surface area contributed by atoms with E-state index in [0.717, 1.165) is 19.3 Å². The Bertz CT molecular complexity index is 1110. The molecule has 2 aromatic rings. The number of hydrogen-bond acceptors (Lipinski definition) is 7. The predicted molar refractivity (Wildman–Crippen MR) is 130 cm³/mol. The number of aliphatic hydroxyl groups is 1. The van der Waals surface area contributed by atoms with E-state index in [0.29, 0.717) is 48.2 Å². The van der Waals surface area contributed by atoms with Gasteiger partial charge in [0.1, 0.15) is 24.7 Å². The van der Waals surface area contributed by atoms with Gasteiger partial charge in [0.25, 0.3) is 11.7 Å². The molecule has 0 aliphatic carbocycles. The van der Waals surface area contributed by atoms with Crippen molar-refractivity contribution in [2.24, 2.45) is 0 Å². The largest absolute Gasteiger partial charge is 0.507 e. The van der Waals surface area contributed by atoms with Crippen molar-refractivity contribution in [1.29, 1.82) is 0 Å². The van der Waals surface area contributed by atoms with Crippen LogP contribution in [0.3, 0.4) is 0 Å². The number of aliphatic hydroxyl groups excluding tert-OH is 1. The Balaban J connectivity index is 1.73. The molecule has 1 amide bonds. The number of benzene rings is 2. The third-order valence-corrected chi connectivity index (χ3v) is 6.08. The number of ether oxygens (including phenoxy) is 4. The number of rotatable bonds is 10. The first-order valence-electron chi connectivity index (χ1n) is 11.9. The van der Waals surface area contributed by atoms with Crippen LogP contribution < -0.4 is 14.2 Å². The summed E-state index contributed by atoms with van der Waals surface area (Å²) in [6.07, 6.45) is 3.11. The zero-order valence-corrected chi connectivity index (χ0v) is 20.1. The number of ketones is 1. The molecule has 1 atom stereocenters. The number of fused-ring (bicyclic) bond motifs is 1. The Kier molecular flexibility index (Phi) is 7.92. The SMILES string of the molecule is CCCCCOc1cccc([C@@H]2/C(=C(\O)c3ccc4c(c3)OCCO4)C(=O)C(=O)N2CCOC)c1. The summed E-state index contributed by atoms with van der Waals surface area (Å²) in [7, 11) is 1.53. The van der Waals surface area contributed by atoms with E-state index in [2.05, 4.69) is 6.92 Å². The van der Waals surface area contributed by atoms with Crippen molar-refractivity contribution in [3.8, 4) is 17.2 Å². The minimum Gasteiger partial charge on any atom is -0.507 e. The van der Waals surface area contributed by atoms with Crippen LogP contribution in [0.5, 0.6) is 17.2 Å². The van der Waals surface area contributed by atoms with Gasteiger partial charge in [-0.25, -0.2) is 0 Å². The van der Waals surface area contributed by atoms with Gasteiger partial charge in [-0.05, 0) is 42.3 Å². The fraction of sp³-hybridized carbons (Fsp3) is 0.407. The summed E-state index contributed by atoms with van der Waals surface area (Å²) in [5.74, 6) is 0.00805. The van der Waals surface area contributed by atoms with E-state index in [1.54, 1.807) is 18.2 Å². The second-order valence-corrected chi connectivity index (χ2v) is 8.47. The quantitative estimate of drug-likeness (QED) is 0.236. The van der Waals surface area contributed by atoms with Crippen LogP contribution in [0.4, 0.5) is 0 Å². The van der Waals surface area contributed by atoms with Gasteiger partial charge in [0, 0.05) is 19.2 Å². The monoisotopic (exact) mass is 481 g/mol. The fourth-order valence-electron chi connectivity index (χ4n) is 4.31. The molecule has 8 heteroatoms. The third kappa shape index (κ3) is 5.27. The Hall–Kier alpha value is -3.52. The van der Waals surface area contributed by atoms with Crippen molar-refractivity contribution in [2.75, 3.05) is 40.1 Å². The van der Waals surface area contributed by atoms with Crippen molar-refractivity contribution in [3.05, 3.63) is 59.2 Å². The Labute approximate surface area is 205 Å². The molecule has 186 valence electrons. The number of amides is 1. The minimum absolute atomic E-state index is 0.0194. The first-order valence-corrected chi connectivity index (χ1v) is 11.9. The molecular weight excluding hydrogens is 450 g/mol. The fourth-order valence-corrected chi connectivity index (χ4v) is 4.31. The van der Waals surface area contributed by atoms with Gasteiger partial charge in [0.2, 0.25) is 0 Å². The topological polar surface area (TPSA) is 94.5 Å². The number of carbonyl (C=O) groups is 2. The molecule has 8 nitrogen and oxygen atoms in total. The number of unbranched alkanes of at least 4 members (excludes halogenated alkanes) is 2. The zero-order chi connectivity index (χ0) is 24.8. The first kappa shape index (κ1) is 24.6. The molecule has 1 fully saturated rings. The summed E-state index contributed by atoms with van der Waals surface area (Å²) in [5.41, 5.74) is 1.06. The van der Waals surface area contributed by atoms with Crippen LogP contribution in [-0.4, -0.2) is 61.8 Å². The average molecular weight is 482 g/mol. The number of methoxy groups -OCH3 is 1. The Morgan fingerprint density at radius 1 is 1.06 bits per heavy atom. The number of likely N-dealkylation sites (tertiary alicyclic amines) is 1. The summed E-state index contributed by atoms with van der Waals surface area (Å²) in [4.78, 5) is 27.6. The van der Waals surface area contributed by atoms with Gasteiger partial charge in [-0.3, -0.25) is 9.59 Å². The molecular formula is C27H31NO7. The van der Waals surface area contributed by atoms with Crippen molar-refractivity contribution in [2.45, 2.75) is 32.2 Å². The Morgan fingerprint density at radius 2 is 1.86 bits per heavy atom. The van der Waals surface area contributed by atoms with Crippen LogP contribution in [0.15, 0.2) is 48.0 Å². The molecule has 2 aliphatic rings. The summed E-state index contributed by atoms with van der Waals surface area (Å²) < 4.78 is 22.3. The highest BCUT2D eigenvalue weighted by molar-refractivity contribution is 6.46. The van der Waals surface area contributed by atoms with Crippen LogP contribution >= 0.6 is 0 Å². The summed E-state index contributed by atoms with van der Waals surface area (Å²) in [6.45, 7) is 4.00. The van der Waals surface area contributed by atoms with Crippen molar-refractivity contribution >= 4 is 17.4 Å². The lowest BCUT2D eigenvalue weighted by atomic mass is 9.95. The van der Waals surface area contributed by atoms with Crippen molar-refractivity contribution < 1.29 is 33.6 Å². The number of Topliss-reactive ketones (excluding diaryl/α,β-unsaturated/α-hetero) is 1. The van der Waals surface area contributed by atoms with Gasteiger partial charge in [-0.15, -0.1) is 0 Å². The normalized spacial score (nSPS) is 18.7. The number of hydrogen-bond donors (Lipinski definition) is 1. The van der Waals surface area contributed by atoms with Gasteiger partial charge in [0.15, 0.2) is 11.5 Å². The molecule has 0 radical (unpaired) electrons. The maximum Gasteiger partial charge on any atom is 0.295 e. The summed E-state index contributed by atoms with van der Waals surface area (Å²) in [6, 6.07) is 11.5. The molecule has 2 heterocycles. The number of nitrogens with zero attached hydrogens (tertiary/aromatic N) is 1. The van der Waals surface area contributed by atoms with Gasteiger partial charge >= 0.3 is 0 Å². The van der Waals surface area contributed by atoms with E-state index in [-0.39, 0.29) is 24.5 Å². The van der Waals surface area contributed by atoms with E-state index < -0.39 is 17.7 Å². The highest BCUT2D eigenvalue weighted by Crippen LogP contribution is 2.41. The zero-order valence-electron chi connectivity index (χ0n) is 20.1.